The van der Waals surface area contributed by atoms with Crippen LogP contribution >= 0.6 is 11.3 Å². The fraction of sp³-hybridized carbons (Fsp3) is 0.263. The lowest BCUT2D eigenvalue weighted by atomic mass is 10.1. The number of nitrogens with zero attached hydrogens (tertiary/aromatic N) is 3. The summed E-state index contributed by atoms with van der Waals surface area (Å²) < 4.78 is 33.2. The Labute approximate surface area is 158 Å². The summed E-state index contributed by atoms with van der Waals surface area (Å²) in [5.41, 5.74) is 0.805. The van der Waals surface area contributed by atoms with Gasteiger partial charge in [-0.2, -0.15) is 0 Å². The van der Waals surface area contributed by atoms with Crippen molar-refractivity contribution in [3.8, 4) is 5.75 Å². The van der Waals surface area contributed by atoms with Gasteiger partial charge in [0.25, 0.3) is 5.91 Å². The summed E-state index contributed by atoms with van der Waals surface area (Å²) in [5, 5.41) is 0.887. The summed E-state index contributed by atoms with van der Waals surface area (Å²) in [6, 6.07) is 8.78. The number of amides is 1. The molecule has 1 fully saturated rings. The van der Waals surface area contributed by atoms with Crippen molar-refractivity contribution in [3.05, 3.63) is 53.6 Å². The summed E-state index contributed by atoms with van der Waals surface area (Å²) in [5.74, 6) is -1.15. The predicted octanol–water partition coefficient (Wildman–Crippen LogP) is 3.55. The zero-order chi connectivity index (χ0) is 19.0. The standard InChI is InChI=1S/C19H17F2N3O2S/c1-26-13-3-5-16-17(11-13)27-19(22-16)24-8-6-23(7-9-24)18(25)14-4-2-12(20)10-15(14)21/h2-5,10-11H,6-9H2,1H3. The maximum Gasteiger partial charge on any atom is 0.256 e. The number of carbonyl (C=O) groups excluding carboxylic acids is 1. The monoisotopic (exact) mass is 389 g/mol. The second-order valence-corrected chi connectivity index (χ2v) is 7.24. The summed E-state index contributed by atoms with van der Waals surface area (Å²) in [4.78, 5) is 20.9. The molecule has 0 saturated carbocycles. The van der Waals surface area contributed by atoms with Gasteiger partial charge in [-0.3, -0.25) is 4.79 Å². The van der Waals surface area contributed by atoms with Gasteiger partial charge in [0.1, 0.15) is 17.4 Å². The fourth-order valence-electron chi connectivity index (χ4n) is 3.09. The largest absolute Gasteiger partial charge is 0.497 e. The first-order valence-electron chi connectivity index (χ1n) is 8.49. The lowest BCUT2D eigenvalue weighted by Crippen LogP contribution is -2.49. The Morgan fingerprint density at radius 2 is 1.89 bits per heavy atom. The molecule has 0 aliphatic carbocycles. The van der Waals surface area contributed by atoms with E-state index in [4.69, 9.17) is 4.74 Å². The number of hydrogen-bond acceptors (Lipinski definition) is 5. The van der Waals surface area contributed by atoms with Crippen LogP contribution in [0.3, 0.4) is 0 Å². The number of ether oxygens (including phenoxy) is 1. The van der Waals surface area contributed by atoms with E-state index in [2.05, 4.69) is 9.88 Å². The van der Waals surface area contributed by atoms with Gasteiger partial charge < -0.3 is 14.5 Å². The Hall–Kier alpha value is -2.74. The summed E-state index contributed by atoms with van der Waals surface area (Å²) >= 11 is 1.57. The summed E-state index contributed by atoms with van der Waals surface area (Å²) in [7, 11) is 1.63. The highest BCUT2D eigenvalue weighted by molar-refractivity contribution is 7.22. The van der Waals surface area contributed by atoms with Crippen LogP contribution in [0.5, 0.6) is 5.75 Å². The van der Waals surface area contributed by atoms with E-state index < -0.39 is 17.5 Å². The maximum absolute atomic E-state index is 13.9. The van der Waals surface area contributed by atoms with E-state index in [9.17, 15) is 13.6 Å². The third-order valence-corrected chi connectivity index (χ3v) is 5.66. The number of carbonyl (C=O) groups is 1. The van der Waals surface area contributed by atoms with Crippen molar-refractivity contribution in [1.82, 2.24) is 9.88 Å². The zero-order valence-corrected chi connectivity index (χ0v) is 15.4. The quantitative estimate of drug-likeness (QED) is 0.687. The Morgan fingerprint density at radius 1 is 1.11 bits per heavy atom. The van der Waals surface area contributed by atoms with Crippen LogP contribution < -0.4 is 9.64 Å². The molecule has 1 saturated heterocycles. The molecule has 1 aromatic heterocycles. The molecular weight excluding hydrogens is 372 g/mol. The van der Waals surface area contributed by atoms with Crippen LogP contribution in [0.4, 0.5) is 13.9 Å². The van der Waals surface area contributed by atoms with Gasteiger partial charge in [-0.15, -0.1) is 0 Å². The van der Waals surface area contributed by atoms with Gasteiger partial charge >= 0.3 is 0 Å². The molecule has 0 atom stereocenters. The average Bonchev–Trinajstić information content (AvgIpc) is 3.11. The molecule has 140 valence electrons. The highest BCUT2D eigenvalue weighted by atomic mass is 32.1. The smallest absolute Gasteiger partial charge is 0.256 e. The molecule has 0 radical (unpaired) electrons. The van der Waals surface area contributed by atoms with E-state index >= 15 is 0 Å². The van der Waals surface area contributed by atoms with Crippen molar-refractivity contribution < 1.29 is 18.3 Å². The third kappa shape index (κ3) is 3.44. The first-order chi connectivity index (χ1) is 13.0. The molecule has 2 aromatic carbocycles. The molecule has 4 rings (SSSR count). The van der Waals surface area contributed by atoms with E-state index in [1.807, 2.05) is 18.2 Å². The van der Waals surface area contributed by atoms with Crippen LogP contribution in [-0.2, 0) is 0 Å². The maximum atomic E-state index is 13.9. The molecule has 8 heteroatoms. The first-order valence-corrected chi connectivity index (χ1v) is 9.30. The van der Waals surface area contributed by atoms with E-state index in [1.54, 1.807) is 23.3 Å². The van der Waals surface area contributed by atoms with Crippen molar-refractivity contribution >= 4 is 32.6 Å². The van der Waals surface area contributed by atoms with Gasteiger partial charge in [0.15, 0.2) is 5.13 Å². The molecule has 0 bridgehead atoms. The Kier molecular flexibility index (Phi) is 4.65. The minimum absolute atomic E-state index is 0.100. The normalized spacial score (nSPS) is 14.6. The number of benzene rings is 2. The first kappa shape index (κ1) is 17.7. The van der Waals surface area contributed by atoms with Crippen LogP contribution in [0.25, 0.3) is 10.2 Å². The van der Waals surface area contributed by atoms with Crippen molar-refractivity contribution in [2.24, 2.45) is 0 Å². The molecule has 1 amide bonds. The van der Waals surface area contributed by atoms with Crippen molar-refractivity contribution in [2.75, 3.05) is 38.2 Å². The number of hydrogen-bond donors (Lipinski definition) is 0. The van der Waals surface area contributed by atoms with E-state index in [0.717, 1.165) is 33.2 Å². The Morgan fingerprint density at radius 3 is 2.59 bits per heavy atom. The second-order valence-electron chi connectivity index (χ2n) is 6.23. The van der Waals surface area contributed by atoms with Crippen LogP contribution in [0.2, 0.25) is 0 Å². The van der Waals surface area contributed by atoms with Gasteiger partial charge in [-0.05, 0) is 30.3 Å². The fourth-order valence-corrected chi connectivity index (χ4v) is 4.13. The SMILES string of the molecule is COc1ccc2nc(N3CCN(C(=O)c4ccc(F)cc4F)CC3)sc2c1. The lowest BCUT2D eigenvalue weighted by molar-refractivity contribution is 0.0742. The minimum atomic E-state index is -0.831. The number of halogens is 2. The lowest BCUT2D eigenvalue weighted by Gasteiger charge is -2.34. The molecule has 0 spiro atoms. The van der Waals surface area contributed by atoms with Crippen molar-refractivity contribution in [1.29, 1.82) is 0 Å². The Balaban J connectivity index is 1.46. The minimum Gasteiger partial charge on any atom is -0.497 e. The molecule has 5 nitrogen and oxygen atoms in total. The number of thiazole rings is 1. The van der Waals surface area contributed by atoms with Gasteiger partial charge in [-0.25, -0.2) is 13.8 Å². The van der Waals surface area contributed by atoms with E-state index in [1.165, 1.54) is 6.07 Å². The molecule has 0 N–H and O–H groups in total. The van der Waals surface area contributed by atoms with Gasteiger partial charge in [0.05, 0.1) is 22.9 Å². The van der Waals surface area contributed by atoms with Gasteiger partial charge in [0.2, 0.25) is 0 Å². The summed E-state index contributed by atoms with van der Waals surface area (Å²) in [6.45, 7) is 2.11. The Bertz CT molecular complexity index is 1000. The third-order valence-electron chi connectivity index (χ3n) is 4.58. The van der Waals surface area contributed by atoms with Crippen LogP contribution in [-0.4, -0.2) is 49.1 Å². The molecule has 0 unspecified atom stereocenters. The van der Waals surface area contributed by atoms with Gasteiger partial charge in [-0.1, -0.05) is 11.3 Å². The molecule has 2 heterocycles. The molecule has 27 heavy (non-hydrogen) atoms. The number of rotatable bonds is 3. The highest BCUT2D eigenvalue weighted by Gasteiger charge is 2.25. The molecule has 3 aromatic rings. The highest BCUT2D eigenvalue weighted by Crippen LogP contribution is 2.32. The van der Waals surface area contributed by atoms with E-state index in [-0.39, 0.29) is 5.56 Å². The molecular formula is C19H17F2N3O2S. The number of fused-ring (bicyclic) bond motifs is 1. The number of methoxy groups -OCH3 is 1. The van der Waals surface area contributed by atoms with Crippen molar-refractivity contribution in [3.63, 3.8) is 0 Å². The van der Waals surface area contributed by atoms with Crippen molar-refractivity contribution in [2.45, 2.75) is 0 Å². The van der Waals surface area contributed by atoms with Crippen LogP contribution in [0.1, 0.15) is 10.4 Å². The molecule has 1 aliphatic rings. The second kappa shape index (κ2) is 7.11. The topological polar surface area (TPSA) is 45.7 Å². The zero-order valence-electron chi connectivity index (χ0n) is 14.6. The van der Waals surface area contributed by atoms with Gasteiger partial charge in [0, 0.05) is 32.2 Å². The summed E-state index contributed by atoms with van der Waals surface area (Å²) in [6.07, 6.45) is 0. The predicted molar refractivity (Wildman–Crippen MR) is 101 cm³/mol. The van der Waals surface area contributed by atoms with E-state index in [0.29, 0.717) is 26.2 Å². The molecule has 1 aliphatic heterocycles. The number of aromatic nitrogens is 1. The van der Waals surface area contributed by atoms with Crippen LogP contribution in [0, 0.1) is 11.6 Å². The average molecular weight is 389 g/mol. The van der Waals surface area contributed by atoms with Crippen LogP contribution in [0.15, 0.2) is 36.4 Å². The number of anilines is 1. The number of piperazine rings is 1.